The predicted molar refractivity (Wildman–Crippen MR) is 506 cm³/mol. The molecular weight excluding hydrogens is 1790 g/mol. The fourth-order valence-corrected chi connectivity index (χ4v) is 17.2. The first kappa shape index (κ1) is 113. The predicted octanol–water partition coefficient (Wildman–Crippen LogP) is 6.51. The highest BCUT2D eigenvalue weighted by Crippen LogP contribution is 2.48. The lowest BCUT2D eigenvalue weighted by atomic mass is 9.81. The number of nitrogens with two attached hydrogens (primary N) is 1. The number of ketones is 7. The Labute approximate surface area is 798 Å². The van der Waals surface area contributed by atoms with E-state index in [0.717, 1.165) is 34.8 Å². The van der Waals surface area contributed by atoms with E-state index in [4.69, 9.17) is 5.73 Å². The lowest BCUT2D eigenvalue weighted by molar-refractivity contribution is -0.433. The number of aromatic nitrogens is 4. The Hall–Kier alpha value is -12.5. The number of unbranched alkanes of at least 4 members (excludes halogenated alkanes) is 3. The van der Waals surface area contributed by atoms with Crippen molar-refractivity contribution in [3.05, 3.63) is 138 Å². The van der Waals surface area contributed by atoms with Crippen molar-refractivity contribution < 1.29 is 119 Å². The van der Waals surface area contributed by atoms with Gasteiger partial charge in [0.1, 0.15) is 12.3 Å². The van der Waals surface area contributed by atoms with Crippen LogP contribution in [0.1, 0.15) is 235 Å². The number of allylic oxidation sites excluding steroid dienone is 8. The largest absolute Gasteiger partial charge is 0.481 e. The second-order valence-electron chi connectivity index (χ2n) is 36.9. The molecule has 137 heavy (non-hydrogen) atoms. The number of benzene rings is 2. The summed E-state index contributed by atoms with van der Waals surface area (Å²) in [4.78, 5) is 243. The number of amides is 8. The molecule has 2 aromatic carbocycles. The number of fused-ring (bicyclic) bond motifs is 2. The minimum Gasteiger partial charge on any atom is -0.481 e. The van der Waals surface area contributed by atoms with Crippen molar-refractivity contribution in [2.75, 3.05) is 24.5 Å². The first-order chi connectivity index (χ1) is 64.4. The van der Waals surface area contributed by atoms with Gasteiger partial charge >= 0.3 is 11.9 Å². The summed E-state index contributed by atoms with van der Waals surface area (Å²) in [5.74, 6) is -22.0. The van der Waals surface area contributed by atoms with E-state index in [1.54, 1.807) is 6.07 Å². The van der Waals surface area contributed by atoms with Gasteiger partial charge in [-0.3, -0.25) is 81.3 Å². The molecular formula is C98H137N14O24S+. The SMILES string of the molecule is CC[N+]1=C(/C=C/C=C/C=C/C=C2/N(CCCCCC(=O)NCCCC[C@@H](CC(=O)[C@@H](C)NC(=O)[C@@H](C)CC(=O)[C@@H](C)NC(=O)[C@@H](CCC(=O)O)CC(=O)[C@@H](Cc3c[nH]cn3)NC(=O)[C@H](CC(C)=O)[C@H](C)O)C(=O)N[C@H](C)C(=O)C[C@H](C)C(=O)N[C@H](C)C(=O)C[C@@H](C(=O)N[C@H](Cc3c[nH]cn3)C(=O)C[C@H](CCC(=O)O)C(N)=O)[C@H](C)O)c3ccccc3C2(C)C)C(C)(C)c2cc(S(=O)(=O)O)ccc21. The number of aromatic amines is 2. The second kappa shape index (κ2) is 53.3. The fraction of sp³-hybridized carbons (Fsp3) is 0.551. The molecule has 6 rings (SSSR count). The Kier molecular flexibility index (Phi) is 44.0. The molecule has 16 N–H and O–H groups in total. The Morgan fingerprint density at radius 1 is 0.511 bits per heavy atom. The average Bonchev–Trinajstić information content (AvgIpc) is 1.60. The van der Waals surface area contributed by atoms with Gasteiger partial charge < -0.3 is 83.0 Å². The summed E-state index contributed by atoms with van der Waals surface area (Å²) in [5.41, 5.74) is 11.2. The Bertz CT molecular complexity index is 5260. The van der Waals surface area contributed by atoms with Crippen LogP contribution in [0.3, 0.4) is 0 Å². The van der Waals surface area contributed by atoms with Crippen LogP contribution in [-0.4, -0.2) is 231 Å². The van der Waals surface area contributed by atoms with Crippen LogP contribution < -0.4 is 47.9 Å². The van der Waals surface area contributed by atoms with Gasteiger partial charge in [0.15, 0.2) is 40.4 Å². The van der Waals surface area contributed by atoms with Crippen molar-refractivity contribution in [2.24, 2.45) is 47.2 Å². The van der Waals surface area contributed by atoms with Gasteiger partial charge in [-0.15, -0.1) is 0 Å². The number of hydrogen-bond acceptors (Lipinski definition) is 24. The van der Waals surface area contributed by atoms with Gasteiger partial charge in [-0.1, -0.05) is 89.1 Å². The lowest BCUT2D eigenvalue weighted by Crippen LogP contribution is -2.49. The van der Waals surface area contributed by atoms with E-state index < -0.39 is 251 Å². The molecule has 0 radical (unpaired) electrons. The molecule has 0 aliphatic carbocycles. The highest BCUT2D eigenvalue weighted by atomic mass is 32.2. The number of para-hydroxylation sites is 1. The van der Waals surface area contributed by atoms with E-state index >= 15 is 0 Å². The number of H-pyrrole nitrogens is 2. The maximum Gasteiger partial charge on any atom is 0.303 e. The number of anilines is 1. The number of carboxylic acid groups (broad SMARTS) is 2. The molecule has 0 saturated carbocycles. The number of rotatable bonds is 62. The zero-order valence-corrected chi connectivity index (χ0v) is 81.4. The Balaban J connectivity index is 1.08. The number of aliphatic hydroxyl groups is 2. The van der Waals surface area contributed by atoms with Gasteiger partial charge in [0.2, 0.25) is 52.9 Å². The first-order valence-electron chi connectivity index (χ1n) is 46.5. The number of aliphatic carboxylic acids is 2. The van der Waals surface area contributed by atoms with Crippen molar-refractivity contribution >= 4 is 127 Å². The van der Waals surface area contributed by atoms with Crippen molar-refractivity contribution in [1.82, 2.24) is 57.2 Å². The number of aliphatic hydroxyl groups excluding tert-OH is 2. The van der Waals surface area contributed by atoms with Crippen LogP contribution in [-0.2, 0) is 115 Å². The van der Waals surface area contributed by atoms with Gasteiger partial charge in [0.05, 0.1) is 94.6 Å². The molecule has 0 unspecified atom stereocenters. The van der Waals surface area contributed by atoms with Gasteiger partial charge in [0, 0.05) is 167 Å². The number of nitrogens with one attached hydrogen (secondary N) is 9. The number of hydrogen-bond donors (Lipinski definition) is 15. The smallest absolute Gasteiger partial charge is 0.303 e. The summed E-state index contributed by atoms with van der Waals surface area (Å²) in [6.45, 7) is 23.8. The van der Waals surface area contributed by atoms with Crippen LogP contribution in [0.15, 0.2) is 121 Å². The number of primary amides is 1. The van der Waals surface area contributed by atoms with Crippen LogP contribution in [0.25, 0.3) is 0 Å². The topological polar surface area (TPSA) is 599 Å². The molecule has 748 valence electrons. The molecule has 4 heterocycles. The van der Waals surface area contributed by atoms with E-state index in [2.05, 4.69) is 98.7 Å². The van der Waals surface area contributed by atoms with Crippen LogP contribution in [0.2, 0.25) is 0 Å². The summed E-state index contributed by atoms with van der Waals surface area (Å²) in [5, 5.41) is 58.3. The van der Waals surface area contributed by atoms with E-state index in [1.165, 1.54) is 105 Å². The molecule has 38 nitrogen and oxygen atoms in total. The first-order valence-corrected chi connectivity index (χ1v) is 48.0. The van der Waals surface area contributed by atoms with Gasteiger partial charge in [-0.25, -0.2) is 9.97 Å². The normalized spacial score (nSPS) is 16.9. The summed E-state index contributed by atoms with van der Waals surface area (Å²) in [7, 11) is -4.40. The molecule has 0 spiro atoms. The molecule has 0 bridgehead atoms. The third-order valence-corrected chi connectivity index (χ3v) is 26.0. The molecule has 2 aromatic heterocycles. The molecule has 0 fully saturated rings. The van der Waals surface area contributed by atoms with Crippen molar-refractivity contribution in [2.45, 2.75) is 290 Å². The standard InChI is InChI=1S/C98H136N14O24S/c1-15-111-78-37-36-70(137(134,135)136)50-74(78)98(13,14)85(111)31-20-17-16-18-21-32-86-97(11,12)73-29-23-24-30-77(73)112(86)41-27-19-22-33-87(122)102-40-26-25-28-66(93(130)107-59(5)79(116)43-57(3)92(129)106-62(8)82(119)51-72(64(10)115)96(133)110-75(48-68-52-100-54-103-68)83(120)45-65(90(99)127)34-38-88(123)124)46-81(118)61(7)105-91(128)56(2)42-80(117)60(6)108-94(131)67(35-39-89(125)126)47-84(121)76(49-69-53-101-55-104-69)109-95(132)71(63(9)114)44-58(4)113/h16-18,20-21,23-24,29-32,36-37,50,52-57,59-67,71-72,75-76,114-115H,15,19,22,25-28,33-35,38-49,51H2,1-14H3,(H13-,99,100,101,102,103,104,105,106,107,108,109,110,122,123,124,125,126,127,128,129,130,131,132,133,134,135,136)/p+1/t56-,57-,59+,60+,61+,62+,63-,64-,65-,66-,67-,71+,72+,75+,76+/m0/s1. The number of nitrogens with zero attached hydrogens (tertiary/aromatic N) is 4. The lowest BCUT2D eigenvalue weighted by Gasteiger charge is -2.27. The van der Waals surface area contributed by atoms with Crippen LogP contribution in [0.5, 0.6) is 0 Å². The van der Waals surface area contributed by atoms with E-state index in [0.29, 0.717) is 43.7 Å². The quantitative estimate of drug-likeness (QED) is 0.00969. The Morgan fingerprint density at radius 2 is 0.978 bits per heavy atom. The molecule has 8 amide bonds. The maximum absolute atomic E-state index is 14.4. The van der Waals surface area contributed by atoms with E-state index in [9.17, 15) is 115 Å². The molecule has 4 aromatic rings. The molecule has 39 heteroatoms. The maximum atomic E-state index is 14.4. The monoisotopic (exact) mass is 1930 g/mol. The number of carboxylic acids is 2. The highest BCUT2D eigenvalue weighted by molar-refractivity contribution is 7.85. The molecule has 2 aliphatic heterocycles. The second-order valence-corrected chi connectivity index (χ2v) is 38.3. The molecule has 2 aliphatic rings. The third kappa shape index (κ3) is 34.6. The zero-order valence-electron chi connectivity index (χ0n) is 80.6. The Morgan fingerprint density at radius 3 is 1.47 bits per heavy atom. The average molecular weight is 1930 g/mol. The van der Waals surface area contributed by atoms with Crippen LogP contribution >= 0.6 is 0 Å². The zero-order chi connectivity index (χ0) is 102. The minimum atomic E-state index is -4.40. The van der Waals surface area contributed by atoms with Gasteiger partial charge in [-0.2, -0.15) is 13.0 Å². The number of carbonyl (C=O) groups excluding carboxylic acids is 15. The van der Waals surface area contributed by atoms with Gasteiger partial charge in [-0.05, 0) is 138 Å². The van der Waals surface area contributed by atoms with Crippen LogP contribution in [0.4, 0.5) is 11.4 Å². The van der Waals surface area contributed by atoms with Crippen molar-refractivity contribution in [3.8, 4) is 0 Å². The summed E-state index contributed by atoms with van der Waals surface area (Å²) < 4.78 is 35.9. The van der Waals surface area contributed by atoms with Crippen molar-refractivity contribution in [3.63, 3.8) is 0 Å². The summed E-state index contributed by atoms with van der Waals surface area (Å²) in [6, 6.07) is 4.93. The summed E-state index contributed by atoms with van der Waals surface area (Å²) >= 11 is 0. The van der Waals surface area contributed by atoms with Gasteiger partial charge in [0.25, 0.3) is 10.1 Å². The van der Waals surface area contributed by atoms with Crippen LogP contribution in [0, 0.1) is 41.4 Å². The number of Topliss-reactive ketones (excluding diaryl/α,β-unsaturated/α-hetero) is 7. The third-order valence-electron chi connectivity index (χ3n) is 25.1. The van der Waals surface area contributed by atoms with E-state index in [1.807, 2.05) is 69.4 Å². The van der Waals surface area contributed by atoms with Crippen molar-refractivity contribution in [1.29, 1.82) is 0 Å². The molecule has 0 saturated heterocycles. The number of carbonyl (C=O) groups is 17. The summed E-state index contributed by atoms with van der Waals surface area (Å²) in [6.07, 6.45) is 13.6. The minimum absolute atomic E-state index is 0.0281. The van der Waals surface area contributed by atoms with E-state index in [-0.39, 0.29) is 74.1 Å². The fourth-order valence-electron chi connectivity index (χ4n) is 16.6. The number of imidazole rings is 2. The highest BCUT2D eigenvalue weighted by Gasteiger charge is 2.46. The molecule has 15 atom stereocenters.